The highest BCUT2D eigenvalue weighted by atomic mass is 14.4. The summed E-state index contributed by atoms with van der Waals surface area (Å²) in [5, 5.41) is 18.0. The van der Waals surface area contributed by atoms with Crippen molar-refractivity contribution < 1.29 is 0 Å². The minimum atomic E-state index is 0.165. The van der Waals surface area contributed by atoms with Gasteiger partial charge >= 0.3 is 0 Å². The lowest BCUT2D eigenvalue weighted by Crippen LogP contribution is -2.19. The molecule has 0 saturated carbocycles. The predicted molar refractivity (Wildman–Crippen MR) is 55.0 cm³/mol. The third-order valence-corrected chi connectivity index (χ3v) is 3.27. The van der Waals surface area contributed by atoms with Crippen LogP contribution in [-0.4, -0.2) is 0 Å². The highest BCUT2D eigenvalue weighted by molar-refractivity contribution is 5.51. The maximum Gasteiger partial charge on any atom is 0.0953 e. The SMILES string of the molecule is CC1=C(C#N)[C@@H](C)[C@@H](C)C(C#N)=C1C. The van der Waals surface area contributed by atoms with Gasteiger partial charge in [-0.15, -0.1) is 0 Å². The molecule has 0 amide bonds. The van der Waals surface area contributed by atoms with Crippen LogP contribution in [0.2, 0.25) is 0 Å². The summed E-state index contributed by atoms with van der Waals surface area (Å²) >= 11 is 0. The van der Waals surface area contributed by atoms with E-state index in [1.807, 2.05) is 27.7 Å². The minimum absolute atomic E-state index is 0.165. The Morgan fingerprint density at radius 3 is 1.36 bits per heavy atom. The quantitative estimate of drug-likeness (QED) is 0.584. The van der Waals surface area contributed by atoms with E-state index in [0.29, 0.717) is 0 Å². The Morgan fingerprint density at radius 2 is 1.14 bits per heavy atom. The molecule has 1 aliphatic carbocycles. The summed E-state index contributed by atoms with van der Waals surface area (Å²) < 4.78 is 0. The van der Waals surface area contributed by atoms with Crippen molar-refractivity contribution in [2.45, 2.75) is 27.7 Å². The Hall–Kier alpha value is -1.54. The Bertz CT molecular complexity index is 359. The van der Waals surface area contributed by atoms with Crippen LogP contribution in [0.3, 0.4) is 0 Å². The van der Waals surface area contributed by atoms with Gasteiger partial charge in [-0.2, -0.15) is 10.5 Å². The number of rotatable bonds is 0. The van der Waals surface area contributed by atoms with E-state index < -0.39 is 0 Å². The van der Waals surface area contributed by atoms with Crippen molar-refractivity contribution in [3.63, 3.8) is 0 Å². The summed E-state index contributed by atoms with van der Waals surface area (Å²) in [6.45, 7) is 7.87. The molecule has 0 saturated heterocycles. The topological polar surface area (TPSA) is 47.6 Å². The second kappa shape index (κ2) is 3.68. The van der Waals surface area contributed by atoms with Crippen molar-refractivity contribution in [2.75, 3.05) is 0 Å². The van der Waals surface area contributed by atoms with Crippen LogP contribution in [0.15, 0.2) is 22.3 Å². The smallest absolute Gasteiger partial charge is 0.0953 e. The molecule has 2 atom stereocenters. The zero-order valence-corrected chi connectivity index (χ0v) is 9.05. The van der Waals surface area contributed by atoms with E-state index >= 15 is 0 Å². The third kappa shape index (κ3) is 1.34. The lowest BCUT2D eigenvalue weighted by molar-refractivity contribution is 0.508. The zero-order valence-electron chi connectivity index (χ0n) is 9.05. The molecule has 0 fully saturated rings. The third-order valence-electron chi connectivity index (χ3n) is 3.27. The molecule has 72 valence electrons. The molecule has 2 nitrogen and oxygen atoms in total. The fourth-order valence-corrected chi connectivity index (χ4v) is 1.96. The average molecular weight is 186 g/mol. The van der Waals surface area contributed by atoms with E-state index in [4.69, 9.17) is 10.5 Å². The molecule has 0 aromatic heterocycles. The monoisotopic (exact) mass is 186 g/mol. The summed E-state index contributed by atoms with van der Waals surface area (Å²) in [5.41, 5.74) is 3.62. The first kappa shape index (κ1) is 10.5. The van der Waals surface area contributed by atoms with Crippen LogP contribution in [0.1, 0.15) is 27.7 Å². The van der Waals surface area contributed by atoms with Crippen molar-refractivity contribution >= 4 is 0 Å². The van der Waals surface area contributed by atoms with E-state index in [0.717, 1.165) is 22.3 Å². The molecule has 0 unspecified atom stereocenters. The summed E-state index contributed by atoms with van der Waals surface area (Å²) in [5.74, 6) is 0.330. The van der Waals surface area contributed by atoms with Gasteiger partial charge in [-0.1, -0.05) is 13.8 Å². The van der Waals surface area contributed by atoms with E-state index in [9.17, 15) is 0 Å². The molecule has 14 heavy (non-hydrogen) atoms. The molecule has 1 rings (SSSR count). The maximum atomic E-state index is 9.01. The average Bonchev–Trinajstić information content (AvgIpc) is 2.17. The molecular formula is C12H14N2. The van der Waals surface area contributed by atoms with E-state index in [2.05, 4.69) is 12.1 Å². The second-order valence-corrected chi connectivity index (χ2v) is 3.88. The highest BCUT2D eigenvalue weighted by Gasteiger charge is 2.28. The van der Waals surface area contributed by atoms with Crippen LogP contribution in [-0.2, 0) is 0 Å². The minimum Gasteiger partial charge on any atom is -0.193 e. The first-order valence-corrected chi connectivity index (χ1v) is 4.76. The second-order valence-electron chi connectivity index (χ2n) is 3.88. The Labute approximate surface area is 85.2 Å². The van der Waals surface area contributed by atoms with Crippen LogP contribution in [0.4, 0.5) is 0 Å². The van der Waals surface area contributed by atoms with Gasteiger partial charge in [-0.05, 0) is 36.8 Å². The van der Waals surface area contributed by atoms with Gasteiger partial charge in [0.05, 0.1) is 12.1 Å². The van der Waals surface area contributed by atoms with E-state index in [1.54, 1.807) is 0 Å². The van der Waals surface area contributed by atoms with Crippen molar-refractivity contribution in [3.8, 4) is 12.1 Å². The first-order chi connectivity index (χ1) is 6.54. The van der Waals surface area contributed by atoms with Gasteiger partial charge in [0.2, 0.25) is 0 Å². The summed E-state index contributed by atoms with van der Waals surface area (Å²) in [4.78, 5) is 0. The lowest BCUT2D eigenvalue weighted by atomic mass is 9.74. The number of nitriles is 2. The molecule has 0 radical (unpaired) electrons. The number of allylic oxidation sites excluding steroid dienone is 4. The van der Waals surface area contributed by atoms with Crippen LogP contribution < -0.4 is 0 Å². The van der Waals surface area contributed by atoms with Gasteiger partial charge in [0.25, 0.3) is 0 Å². The Balaban J connectivity index is 3.39. The molecule has 0 aliphatic heterocycles. The van der Waals surface area contributed by atoms with E-state index in [-0.39, 0.29) is 11.8 Å². The van der Waals surface area contributed by atoms with Gasteiger partial charge < -0.3 is 0 Å². The lowest BCUT2D eigenvalue weighted by Gasteiger charge is -2.27. The molecule has 2 heteroatoms. The van der Waals surface area contributed by atoms with Crippen molar-refractivity contribution in [2.24, 2.45) is 11.8 Å². The summed E-state index contributed by atoms with van der Waals surface area (Å²) in [7, 11) is 0. The number of hydrogen-bond donors (Lipinski definition) is 0. The molecule has 0 spiro atoms. The highest BCUT2D eigenvalue weighted by Crippen LogP contribution is 2.37. The molecule has 0 aromatic carbocycles. The summed E-state index contributed by atoms with van der Waals surface area (Å²) in [6.07, 6.45) is 0. The Kier molecular flexibility index (Phi) is 2.77. The fraction of sp³-hybridized carbons (Fsp3) is 0.500. The number of hydrogen-bond acceptors (Lipinski definition) is 2. The zero-order chi connectivity index (χ0) is 10.9. The van der Waals surface area contributed by atoms with Gasteiger partial charge in [-0.25, -0.2) is 0 Å². The molecule has 0 heterocycles. The maximum absolute atomic E-state index is 9.01. The van der Waals surface area contributed by atoms with Gasteiger partial charge in [0, 0.05) is 11.1 Å². The molecule has 0 aromatic rings. The van der Waals surface area contributed by atoms with Gasteiger partial charge in [0.15, 0.2) is 0 Å². The van der Waals surface area contributed by atoms with Gasteiger partial charge in [0.1, 0.15) is 0 Å². The molecule has 0 bridgehead atoms. The van der Waals surface area contributed by atoms with Crippen molar-refractivity contribution in [1.82, 2.24) is 0 Å². The van der Waals surface area contributed by atoms with Crippen LogP contribution in [0, 0.1) is 34.5 Å². The summed E-state index contributed by atoms with van der Waals surface area (Å²) in [6, 6.07) is 4.49. The standard InChI is InChI=1S/C12H14N2/c1-7-8(2)12(6-14)10(4)9(3)11(7)5-13/h7-8H,1-4H3/t7-,8+. The van der Waals surface area contributed by atoms with Crippen LogP contribution in [0.25, 0.3) is 0 Å². The largest absolute Gasteiger partial charge is 0.193 e. The van der Waals surface area contributed by atoms with E-state index in [1.165, 1.54) is 0 Å². The Morgan fingerprint density at radius 1 is 0.857 bits per heavy atom. The van der Waals surface area contributed by atoms with Gasteiger partial charge in [-0.3, -0.25) is 0 Å². The predicted octanol–water partition coefficient (Wildman–Crippen LogP) is 2.95. The van der Waals surface area contributed by atoms with Crippen molar-refractivity contribution in [1.29, 1.82) is 10.5 Å². The molecular weight excluding hydrogens is 172 g/mol. The molecule has 0 N–H and O–H groups in total. The first-order valence-electron chi connectivity index (χ1n) is 4.76. The van der Waals surface area contributed by atoms with Crippen LogP contribution in [0.5, 0.6) is 0 Å². The number of nitrogens with zero attached hydrogens (tertiary/aromatic N) is 2. The molecule has 1 aliphatic rings. The normalized spacial score (nSPS) is 27.3. The van der Waals surface area contributed by atoms with Crippen LogP contribution >= 0.6 is 0 Å². The van der Waals surface area contributed by atoms with Crippen molar-refractivity contribution in [3.05, 3.63) is 22.3 Å². The fourth-order valence-electron chi connectivity index (χ4n) is 1.96.